The minimum atomic E-state index is -0.179. The molecule has 0 N–H and O–H groups in total. The summed E-state index contributed by atoms with van der Waals surface area (Å²) >= 11 is 0. The summed E-state index contributed by atoms with van der Waals surface area (Å²) in [6, 6.07) is 59.1. The van der Waals surface area contributed by atoms with E-state index < -0.39 is 0 Å². The van der Waals surface area contributed by atoms with E-state index in [0.29, 0.717) is 0 Å². The Kier molecular flexibility index (Phi) is 7.75. The Balaban J connectivity index is 1.19. The van der Waals surface area contributed by atoms with Crippen molar-refractivity contribution in [1.29, 1.82) is 0 Å². The summed E-state index contributed by atoms with van der Waals surface area (Å²) in [5, 5.41) is 3.61. The SMILES string of the molecule is Cc1cc2c3c(c1)-n1c4c(c5cc(C(C)(C)C)cc(c51)B3c1ccc(N(c3ccccc3C)c3ccccc3C)cc1N2c1cccc2oc3ccccc3c12)C(C)(C)c1ccccc1-4. The van der Waals surface area contributed by atoms with Crippen molar-refractivity contribution in [2.75, 3.05) is 9.80 Å². The highest BCUT2D eigenvalue weighted by molar-refractivity contribution is 7.00. The first-order valence-corrected chi connectivity index (χ1v) is 23.1. The van der Waals surface area contributed by atoms with E-state index in [1.54, 1.807) is 0 Å². The lowest BCUT2D eigenvalue weighted by atomic mass is 9.33. The number of furan rings is 1. The molecule has 0 atom stereocenters. The van der Waals surface area contributed by atoms with Crippen LogP contribution in [0.1, 0.15) is 68.0 Å². The van der Waals surface area contributed by atoms with Gasteiger partial charge in [0.15, 0.2) is 0 Å². The van der Waals surface area contributed by atoms with Gasteiger partial charge in [0.05, 0.1) is 16.8 Å². The van der Waals surface area contributed by atoms with Gasteiger partial charge in [-0.25, -0.2) is 0 Å². The summed E-state index contributed by atoms with van der Waals surface area (Å²) in [5.74, 6) is 0. The fourth-order valence-corrected chi connectivity index (χ4v) is 12.0. The lowest BCUT2D eigenvalue weighted by molar-refractivity contribution is 0.591. The monoisotopic (exact) mass is 839 g/mol. The maximum atomic E-state index is 6.65. The summed E-state index contributed by atoms with van der Waals surface area (Å²) in [7, 11) is 0. The average molecular weight is 840 g/mol. The second-order valence-corrected chi connectivity index (χ2v) is 20.3. The molecule has 0 unspecified atom stereocenters. The number of hydrogen-bond acceptors (Lipinski definition) is 3. The molecule has 0 fully saturated rings. The summed E-state index contributed by atoms with van der Waals surface area (Å²) in [6.07, 6.45) is 0. The molecular weight excluding hydrogens is 789 g/mol. The van der Waals surface area contributed by atoms with Crippen molar-refractivity contribution in [3.8, 4) is 16.9 Å². The molecule has 65 heavy (non-hydrogen) atoms. The largest absolute Gasteiger partial charge is 0.456 e. The first-order valence-electron chi connectivity index (χ1n) is 23.1. The van der Waals surface area contributed by atoms with Crippen molar-refractivity contribution in [1.82, 2.24) is 4.57 Å². The van der Waals surface area contributed by atoms with E-state index in [1.165, 1.54) is 89.0 Å². The van der Waals surface area contributed by atoms with Crippen molar-refractivity contribution >= 4 is 90.1 Å². The van der Waals surface area contributed by atoms with Crippen LogP contribution in [0, 0.1) is 20.8 Å². The average Bonchev–Trinajstić information content (AvgIpc) is 3.93. The summed E-state index contributed by atoms with van der Waals surface area (Å²) in [5.41, 5.74) is 25.6. The van der Waals surface area contributed by atoms with Crippen LogP contribution in [0.5, 0.6) is 0 Å². The molecule has 10 aromatic rings. The third-order valence-electron chi connectivity index (χ3n) is 15.0. The number of anilines is 6. The number of aryl methyl sites for hydroxylation is 3. The lowest BCUT2D eigenvalue weighted by Crippen LogP contribution is -2.60. The molecule has 4 nitrogen and oxygen atoms in total. The standard InChI is InChI=1S/C60H50BN3O/c1-35-30-50-56-51(31-35)64-57-42(55-58(64)40-20-11-13-22-43(40)60(55,7)8)32-38(59(4,5)6)33-45(57)61(56)44-29-28-39(62(46-23-14-9-18-36(46)2)47-24-15-10-19-37(47)3)34-49(44)63(50)48-25-17-27-53-54(48)41-21-12-16-26-52(41)65-53/h9-34H,1-8H3. The molecule has 0 bridgehead atoms. The zero-order chi connectivity index (χ0) is 44.3. The van der Waals surface area contributed by atoms with Gasteiger partial charge in [0.25, 0.3) is 6.71 Å². The number of aromatic nitrogens is 1. The van der Waals surface area contributed by atoms with Crippen LogP contribution in [0.15, 0.2) is 162 Å². The molecule has 0 radical (unpaired) electrons. The first kappa shape index (κ1) is 38.2. The van der Waals surface area contributed by atoms with Gasteiger partial charge in [-0.3, -0.25) is 0 Å². The zero-order valence-corrected chi connectivity index (χ0v) is 38.3. The number of hydrogen-bond donors (Lipinski definition) is 0. The number of fused-ring (bicyclic) bond motifs is 12. The van der Waals surface area contributed by atoms with Gasteiger partial charge in [-0.1, -0.05) is 132 Å². The van der Waals surface area contributed by atoms with Crippen molar-refractivity contribution in [3.63, 3.8) is 0 Å². The summed E-state index contributed by atoms with van der Waals surface area (Å²) in [4.78, 5) is 5.04. The van der Waals surface area contributed by atoms with Gasteiger partial charge in [-0.2, -0.15) is 0 Å². The first-order chi connectivity index (χ1) is 31.4. The molecule has 3 aliphatic rings. The maximum absolute atomic E-state index is 6.65. The van der Waals surface area contributed by atoms with Crippen LogP contribution in [0.3, 0.4) is 0 Å². The summed E-state index contributed by atoms with van der Waals surface area (Å²) < 4.78 is 9.32. The Morgan fingerprint density at radius 3 is 2.02 bits per heavy atom. The van der Waals surface area contributed by atoms with E-state index in [2.05, 4.69) is 227 Å². The Morgan fingerprint density at radius 1 is 0.585 bits per heavy atom. The van der Waals surface area contributed by atoms with E-state index in [1.807, 2.05) is 0 Å². The molecule has 5 heteroatoms. The van der Waals surface area contributed by atoms with E-state index in [0.717, 1.165) is 44.7 Å². The van der Waals surface area contributed by atoms with E-state index in [4.69, 9.17) is 4.42 Å². The van der Waals surface area contributed by atoms with Gasteiger partial charge >= 0.3 is 0 Å². The number of rotatable bonds is 4. The van der Waals surface area contributed by atoms with Gasteiger partial charge in [-0.15, -0.1) is 0 Å². The second kappa shape index (κ2) is 13.2. The molecule has 4 heterocycles. The van der Waals surface area contributed by atoms with Gasteiger partial charge in [0.1, 0.15) is 11.2 Å². The predicted octanol–water partition coefficient (Wildman–Crippen LogP) is 14.1. The molecule has 1 aliphatic carbocycles. The fraction of sp³-hybridized carbons (Fsp3) is 0.167. The van der Waals surface area contributed by atoms with Crippen LogP contribution in [-0.2, 0) is 10.8 Å². The van der Waals surface area contributed by atoms with Gasteiger partial charge in [0, 0.05) is 61.4 Å². The topological polar surface area (TPSA) is 24.6 Å². The molecular formula is C60H50BN3O. The van der Waals surface area contributed by atoms with Crippen molar-refractivity contribution < 1.29 is 4.42 Å². The lowest BCUT2D eigenvalue weighted by Gasteiger charge is -2.42. The number of benzene rings is 8. The minimum Gasteiger partial charge on any atom is -0.456 e. The maximum Gasteiger partial charge on any atom is 0.252 e. The summed E-state index contributed by atoms with van der Waals surface area (Å²) in [6.45, 7) is 18.7. The third-order valence-corrected chi connectivity index (χ3v) is 15.0. The normalized spacial score (nSPS) is 14.2. The smallest absolute Gasteiger partial charge is 0.252 e. The van der Waals surface area contributed by atoms with E-state index in [-0.39, 0.29) is 17.5 Å². The highest BCUT2D eigenvalue weighted by Crippen LogP contribution is 2.55. The molecule has 314 valence electrons. The second-order valence-electron chi connectivity index (χ2n) is 20.3. The van der Waals surface area contributed by atoms with Gasteiger partial charge in [-0.05, 0) is 137 Å². The number of nitrogens with zero attached hydrogens (tertiary/aromatic N) is 3. The fourth-order valence-electron chi connectivity index (χ4n) is 12.0. The van der Waals surface area contributed by atoms with Crippen LogP contribution in [-0.4, -0.2) is 11.3 Å². The third kappa shape index (κ3) is 5.15. The Hall–Kier alpha value is -7.24. The Labute approximate surface area is 381 Å². The van der Waals surface area contributed by atoms with Crippen LogP contribution in [0.2, 0.25) is 0 Å². The van der Waals surface area contributed by atoms with Crippen LogP contribution in [0.4, 0.5) is 34.1 Å². The minimum absolute atomic E-state index is 0.0164. The molecule has 2 aromatic heterocycles. The van der Waals surface area contributed by atoms with Crippen molar-refractivity contribution in [2.24, 2.45) is 0 Å². The Bertz CT molecular complexity index is 3650. The van der Waals surface area contributed by atoms with Crippen molar-refractivity contribution in [3.05, 3.63) is 191 Å². The van der Waals surface area contributed by atoms with E-state index >= 15 is 0 Å². The van der Waals surface area contributed by atoms with E-state index in [9.17, 15) is 0 Å². The predicted molar refractivity (Wildman–Crippen MR) is 275 cm³/mol. The molecule has 0 amide bonds. The molecule has 0 saturated carbocycles. The van der Waals surface area contributed by atoms with Crippen LogP contribution >= 0.6 is 0 Å². The molecule has 0 saturated heterocycles. The molecule has 0 spiro atoms. The molecule has 2 aliphatic heterocycles. The highest BCUT2D eigenvalue weighted by atomic mass is 16.3. The van der Waals surface area contributed by atoms with Crippen LogP contribution < -0.4 is 26.2 Å². The Morgan fingerprint density at radius 2 is 1.26 bits per heavy atom. The van der Waals surface area contributed by atoms with Crippen LogP contribution in [0.25, 0.3) is 49.8 Å². The molecule has 13 rings (SSSR count). The van der Waals surface area contributed by atoms with Crippen molar-refractivity contribution in [2.45, 2.75) is 66.2 Å². The quantitative estimate of drug-likeness (QED) is 0.165. The number of para-hydroxylation sites is 3. The molecule has 8 aromatic carbocycles. The van der Waals surface area contributed by atoms with Gasteiger partial charge < -0.3 is 18.8 Å². The zero-order valence-electron chi connectivity index (χ0n) is 38.3. The highest BCUT2D eigenvalue weighted by Gasteiger charge is 2.48. The van der Waals surface area contributed by atoms with Gasteiger partial charge in [0.2, 0.25) is 0 Å².